The molecule has 1 aliphatic rings. The average Bonchev–Trinajstić information content (AvgIpc) is 2.76. The summed E-state index contributed by atoms with van der Waals surface area (Å²) in [7, 11) is 1.81. The van der Waals surface area contributed by atoms with Crippen molar-refractivity contribution in [2.75, 3.05) is 13.1 Å². The molecule has 82 valence electrons. The van der Waals surface area contributed by atoms with Crippen molar-refractivity contribution >= 4 is 5.78 Å². The van der Waals surface area contributed by atoms with E-state index in [2.05, 4.69) is 15.6 Å². The zero-order valence-electron chi connectivity index (χ0n) is 9.16. The van der Waals surface area contributed by atoms with Gasteiger partial charge in [0.05, 0.1) is 12.1 Å². The quantitative estimate of drug-likeness (QED) is 0.755. The molecule has 5 heteroatoms. The lowest BCUT2D eigenvalue weighted by atomic mass is 9.83. The molecule has 2 heterocycles. The van der Waals surface area contributed by atoms with Gasteiger partial charge in [0, 0.05) is 25.2 Å². The third kappa shape index (κ3) is 2.07. The lowest BCUT2D eigenvalue weighted by Crippen LogP contribution is -2.31. The minimum absolute atomic E-state index is 0.211. The lowest BCUT2D eigenvalue weighted by Gasteiger charge is -2.19. The van der Waals surface area contributed by atoms with Gasteiger partial charge < -0.3 is 5.32 Å². The van der Waals surface area contributed by atoms with Crippen LogP contribution in [-0.2, 0) is 18.3 Å². The molecule has 0 radical (unpaired) electrons. The Hall–Kier alpha value is -1.23. The van der Waals surface area contributed by atoms with E-state index < -0.39 is 0 Å². The number of carbonyl (C=O) groups excluding carboxylic acids is 1. The number of nitrogens with one attached hydrogen (secondary N) is 1. The first kappa shape index (κ1) is 10.3. The van der Waals surface area contributed by atoms with E-state index in [4.69, 9.17) is 0 Å². The number of ketones is 1. The van der Waals surface area contributed by atoms with Crippen molar-refractivity contribution < 1.29 is 4.79 Å². The Bertz CT molecular complexity index is 365. The molecule has 1 atom stereocenters. The summed E-state index contributed by atoms with van der Waals surface area (Å²) in [6.07, 6.45) is 3.11. The van der Waals surface area contributed by atoms with Crippen molar-refractivity contribution in [2.24, 2.45) is 12.5 Å². The van der Waals surface area contributed by atoms with Crippen LogP contribution >= 0.6 is 0 Å². The molecule has 1 fully saturated rings. The van der Waals surface area contributed by atoms with Crippen LogP contribution in [0.2, 0.25) is 0 Å². The Kier molecular flexibility index (Phi) is 2.56. The van der Waals surface area contributed by atoms with E-state index in [1.54, 1.807) is 17.9 Å². The maximum absolute atomic E-state index is 12.0. The molecular weight excluding hydrogens is 192 g/mol. The van der Waals surface area contributed by atoms with Gasteiger partial charge in [-0.05, 0) is 13.0 Å². The summed E-state index contributed by atoms with van der Waals surface area (Å²) in [4.78, 5) is 12.0. The van der Waals surface area contributed by atoms with Gasteiger partial charge in [-0.1, -0.05) is 12.1 Å². The van der Waals surface area contributed by atoms with E-state index in [1.165, 1.54) is 0 Å². The fourth-order valence-electron chi connectivity index (χ4n) is 1.91. The van der Waals surface area contributed by atoms with Crippen LogP contribution in [0.3, 0.4) is 0 Å². The molecule has 15 heavy (non-hydrogen) atoms. The third-order valence-electron chi connectivity index (χ3n) is 3.03. The van der Waals surface area contributed by atoms with Crippen LogP contribution in [0.15, 0.2) is 6.20 Å². The molecule has 0 bridgehead atoms. The van der Waals surface area contributed by atoms with Crippen molar-refractivity contribution in [2.45, 2.75) is 19.8 Å². The fraction of sp³-hybridized carbons (Fsp3) is 0.700. The highest BCUT2D eigenvalue weighted by Crippen LogP contribution is 2.26. The predicted molar refractivity (Wildman–Crippen MR) is 55.3 cm³/mol. The molecule has 0 aliphatic carbocycles. The SMILES string of the molecule is Cn1cc(CC(=O)C2(C)CCNC2)nn1. The van der Waals surface area contributed by atoms with Gasteiger partial charge in [-0.15, -0.1) is 5.10 Å². The molecule has 1 aromatic rings. The van der Waals surface area contributed by atoms with E-state index >= 15 is 0 Å². The summed E-state index contributed by atoms with van der Waals surface area (Å²) in [5, 5.41) is 11.0. The highest BCUT2D eigenvalue weighted by Gasteiger charge is 2.35. The molecule has 1 unspecified atom stereocenters. The van der Waals surface area contributed by atoms with Gasteiger partial charge in [-0.25, -0.2) is 0 Å². The van der Waals surface area contributed by atoms with Crippen molar-refractivity contribution in [1.29, 1.82) is 0 Å². The molecule has 1 N–H and O–H groups in total. The van der Waals surface area contributed by atoms with Crippen LogP contribution < -0.4 is 5.32 Å². The highest BCUT2D eigenvalue weighted by molar-refractivity contribution is 5.86. The number of nitrogens with zero attached hydrogens (tertiary/aromatic N) is 3. The topological polar surface area (TPSA) is 59.8 Å². The number of carbonyl (C=O) groups is 1. The first-order valence-corrected chi connectivity index (χ1v) is 5.19. The number of aromatic nitrogens is 3. The molecular formula is C10H16N4O. The third-order valence-corrected chi connectivity index (χ3v) is 3.03. The van der Waals surface area contributed by atoms with Crippen LogP contribution in [-0.4, -0.2) is 33.9 Å². The van der Waals surface area contributed by atoms with E-state index in [9.17, 15) is 4.79 Å². The Balaban J connectivity index is 2.03. The summed E-state index contributed by atoms with van der Waals surface area (Å²) in [6.45, 7) is 3.74. The normalized spacial score (nSPS) is 25.7. The maximum atomic E-state index is 12.0. The highest BCUT2D eigenvalue weighted by atomic mass is 16.1. The minimum atomic E-state index is -0.211. The summed E-state index contributed by atoms with van der Waals surface area (Å²) in [5.41, 5.74) is 0.549. The smallest absolute Gasteiger partial charge is 0.146 e. The van der Waals surface area contributed by atoms with Crippen molar-refractivity contribution in [3.8, 4) is 0 Å². The fourth-order valence-corrected chi connectivity index (χ4v) is 1.91. The van der Waals surface area contributed by atoms with Gasteiger partial charge in [-0.2, -0.15) is 0 Å². The average molecular weight is 208 g/mol. The largest absolute Gasteiger partial charge is 0.316 e. The second-order valence-electron chi connectivity index (χ2n) is 4.47. The lowest BCUT2D eigenvalue weighted by molar-refractivity contribution is -0.126. The van der Waals surface area contributed by atoms with Crippen LogP contribution in [0.1, 0.15) is 19.0 Å². The molecule has 1 aliphatic heterocycles. The zero-order valence-corrected chi connectivity index (χ0v) is 9.16. The van der Waals surface area contributed by atoms with Crippen molar-refractivity contribution in [3.05, 3.63) is 11.9 Å². The number of aryl methyl sites for hydroxylation is 1. The standard InChI is InChI=1S/C10H16N4O/c1-10(3-4-11-7-10)9(15)5-8-6-14(2)13-12-8/h6,11H,3-5,7H2,1-2H3. The molecule has 0 amide bonds. The first-order valence-electron chi connectivity index (χ1n) is 5.19. The Morgan fingerprint density at radius 3 is 3.07 bits per heavy atom. The van der Waals surface area contributed by atoms with Gasteiger partial charge in [0.2, 0.25) is 0 Å². The summed E-state index contributed by atoms with van der Waals surface area (Å²) >= 11 is 0. The van der Waals surface area contributed by atoms with Crippen LogP contribution in [0.25, 0.3) is 0 Å². The monoisotopic (exact) mass is 208 g/mol. The van der Waals surface area contributed by atoms with Gasteiger partial charge in [0.15, 0.2) is 0 Å². The molecule has 0 spiro atoms. The molecule has 1 aromatic heterocycles. The van der Waals surface area contributed by atoms with Gasteiger partial charge >= 0.3 is 0 Å². The second kappa shape index (κ2) is 3.73. The van der Waals surface area contributed by atoms with E-state index in [0.29, 0.717) is 6.42 Å². The van der Waals surface area contributed by atoms with Gasteiger partial charge in [0.25, 0.3) is 0 Å². The first-order chi connectivity index (χ1) is 7.10. The molecule has 1 saturated heterocycles. The Labute approximate surface area is 88.9 Å². The number of rotatable bonds is 3. The summed E-state index contributed by atoms with van der Waals surface area (Å²) in [5.74, 6) is 0.257. The van der Waals surface area contributed by atoms with E-state index in [-0.39, 0.29) is 11.2 Å². The second-order valence-corrected chi connectivity index (χ2v) is 4.47. The number of hydrogen-bond acceptors (Lipinski definition) is 4. The van der Waals surface area contributed by atoms with E-state index in [1.807, 2.05) is 6.92 Å². The molecule has 0 saturated carbocycles. The maximum Gasteiger partial charge on any atom is 0.146 e. The zero-order chi connectivity index (χ0) is 10.9. The Morgan fingerprint density at radius 1 is 1.73 bits per heavy atom. The number of hydrogen-bond donors (Lipinski definition) is 1. The van der Waals surface area contributed by atoms with Gasteiger partial charge in [-0.3, -0.25) is 9.48 Å². The minimum Gasteiger partial charge on any atom is -0.316 e. The molecule has 5 nitrogen and oxygen atoms in total. The Morgan fingerprint density at radius 2 is 2.53 bits per heavy atom. The summed E-state index contributed by atoms with van der Waals surface area (Å²) in [6, 6.07) is 0. The van der Waals surface area contributed by atoms with Crippen molar-refractivity contribution in [1.82, 2.24) is 20.3 Å². The molecule has 0 aromatic carbocycles. The van der Waals surface area contributed by atoms with E-state index in [0.717, 1.165) is 25.2 Å². The van der Waals surface area contributed by atoms with Crippen molar-refractivity contribution in [3.63, 3.8) is 0 Å². The predicted octanol–water partition coefficient (Wildman–Crippen LogP) is -0.0737. The van der Waals surface area contributed by atoms with Crippen LogP contribution in [0.5, 0.6) is 0 Å². The van der Waals surface area contributed by atoms with Crippen LogP contribution in [0, 0.1) is 5.41 Å². The summed E-state index contributed by atoms with van der Waals surface area (Å²) < 4.78 is 1.62. The van der Waals surface area contributed by atoms with Gasteiger partial charge in [0.1, 0.15) is 5.78 Å². The molecule has 2 rings (SSSR count). The number of Topliss-reactive ketones (excluding diaryl/α,β-unsaturated/α-hetero) is 1. The van der Waals surface area contributed by atoms with Crippen LogP contribution in [0.4, 0.5) is 0 Å².